The molecule has 1 aromatic carbocycles. The van der Waals surface area contributed by atoms with Crippen molar-refractivity contribution in [3.8, 4) is 5.75 Å². The molecule has 3 aliphatic rings. The zero-order chi connectivity index (χ0) is 13.6. The third-order valence-electron chi connectivity index (χ3n) is 3.75. The molecule has 0 aromatic heterocycles. The molecule has 5 nitrogen and oxygen atoms in total. The molecular formula is C15H16O5. The third-order valence-corrected chi connectivity index (χ3v) is 3.75. The highest BCUT2D eigenvalue weighted by Crippen LogP contribution is 2.48. The van der Waals surface area contributed by atoms with Gasteiger partial charge < -0.3 is 23.7 Å². The van der Waals surface area contributed by atoms with Crippen molar-refractivity contribution in [1.29, 1.82) is 0 Å². The van der Waals surface area contributed by atoms with E-state index in [1.165, 1.54) is 0 Å². The van der Waals surface area contributed by atoms with E-state index < -0.39 is 12.1 Å². The quantitative estimate of drug-likeness (QED) is 0.783. The Bertz CT molecular complexity index is 553. The Hall–Kier alpha value is -1.40. The number of rotatable bonds is 1. The summed E-state index contributed by atoms with van der Waals surface area (Å²) in [7, 11) is 0. The Morgan fingerprint density at radius 1 is 1.05 bits per heavy atom. The molecule has 0 unspecified atom stereocenters. The van der Waals surface area contributed by atoms with Gasteiger partial charge in [-0.05, 0) is 24.6 Å². The lowest BCUT2D eigenvalue weighted by Crippen LogP contribution is -2.38. The number of hydrogen-bond donors (Lipinski definition) is 0. The molecule has 2 fully saturated rings. The maximum Gasteiger partial charge on any atom is 0.230 e. The molecule has 1 aromatic rings. The fraction of sp³-hybridized carbons (Fsp3) is 0.467. The van der Waals surface area contributed by atoms with Crippen LogP contribution in [-0.4, -0.2) is 32.7 Å². The largest absolute Gasteiger partial charge is 0.464 e. The first-order chi connectivity index (χ1) is 9.79. The first-order valence-corrected chi connectivity index (χ1v) is 6.79. The van der Waals surface area contributed by atoms with E-state index in [1.807, 2.05) is 25.1 Å². The number of hydrogen-bond acceptors (Lipinski definition) is 5. The van der Waals surface area contributed by atoms with Crippen LogP contribution in [0.1, 0.15) is 11.1 Å². The summed E-state index contributed by atoms with van der Waals surface area (Å²) in [4.78, 5) is 0. The molecule has 0 amide bonds. The minimum Gasteiger partial charge on any atom is -0.464 e. The van der Waals surface area contributed by atoms with E-state index in [9.17, 15) is 0 Å². The second-order valence-corrected chi connectivity index (χ2v) is 5.08. The Labute approximate surface area is 117 Å². The molecule has 1 spiro atoms. The van der Waals surface area contributed by atoms with Gasteiger partial charge in [0.05, 0.1) is 37.6 Å². The van der Waals surface area contributed by atoms with Gasteiger partial charge in [-0.1, -0.05) is 6.07 Å². The minimum atomic E-state index is -0.934. The Morgan fingerprint density at radius 2 is 1.80 bits per heavy atom. The lowest BCUT2D eigenvalue weighted by atomic mass is 9.94. The van der Waals surface area contributed by atoms with Gasteiger partial charge in [-0.2, -0.15) is 0 Å². The van der Waals surface area contributed by atoms with Crippen molar-refractivity contribution in [3.63, 3.8) is 0 Å². The summed E-state index contributed by atoms with van der Waals surface area (Å²) < 4.78 is 28.8. The van der Waals surface area contributed by atoms with E-state index in [2.05, 4.69) is 0 Å². The number of ether oxygens (including phenoxy) is 5. The molecule has 0 atom stereocenters. The van der Waals surface area contributed by atoms with Gasteiger partial charge in [0.2, 0.25) is 5.79 Å². The topological polar surface area (TPSA) is 46.2 Å². The van der Waals surface area contributed by atoms with Crippen LogP contribution >= 0.6 is 0 Å². The van der Waals surface area contributed by atoms with Crippen LogP contribution in [-0.2, 0) is 24.7 Å². The molecule has 0 N–H and O–H groups in total. The lowest BCUT2D eigenvalue weighted by molar-refractivity contribution is -0.167. The van der Waals surface area contributed by atoms with Crippen molar-refractivity contribution in [2.75, 3.05) is 26.4 Å². The summed E-state index contributed by atoms with van der Waals surface area (Å²) in [6.45, 7) is 4.24. The first-order valence-electron chi connectivity index (χ1n) is 6.79. The van der Waals surface area contributed by atoms with Gasteiger partial charge in [0, 0.05) is 0 Å². The van der Waals surface area contributed by atoms with Gasteiger partial charge in [0.1, 0.15) is 12.0 Å². The highest BCUT2D eigenvalue weighted by Gasteiger charge is 2.51. The molecule has 2 saturated heterocycles. The summed E-state index contributed by atoms with van der Waals surface area (Å²) in [6, 6.07) is 5.98. The predicted octanol–water partition coefficient (Wildman–Crippen LogP) is 1.84. The molecule has 4 rings (SSSR count). The molecule has 106 valence electrons. The van der Waals surface area contributed by atoms with E-state index >= 15 is 0 Å². The van der Waals surface area contributed by atoms with Crippen molar-refractivity contribution in [2.45, 2.75) is 19.0 Å². The van der Waals surface area contributed by atoms with Gasteiger partial charge >= 0.3 is 0 Å². The lowest BCUT2D eigenvalue weighted by Gasteiger charge is -2.36. The minimum absolute atomic E-state index is 0.470. The number of fused-ring (bicyclic) bond motifs is 2. The molecule has 0 aliphatic carbocycles. The summed E-state index contributed by atoms with van der Waals surface area (Å²) in [5.74, 6) is -0.176. The van der Waals surface area contributed by atoms with Crippen LogP contribution < -0.4 is 4.74 Å². The molecule has 3 heterocycles. The van der Waals surface area contributed by atoms with Gasteiger partial charge in [0.15, 0.2) is 6.29 Å². The Balaban J connectivity index is 1.82. The van der Waals surface area contributed by atoms with Crippen LogP contribution in [0.3, 0.4) is 0 Å². The first kappa shape index (κ1) is 12.3. The average Bonchev–Trinajstić information content (AvgIpc) is 3.11. The predicted molar refractivity (Wildman–Crippen MR) is 69.2 cm³/mol. The SMILES string of the molecule is Cc1ccc2c(c1)OC=C(C1OCCO1)C21OCCO1. The number of aryl methyl sites for hydroxylation is 1. The zero-order valence-electron chi connectivity index (χ0n) is 11.3. The molecule has 0 bridgehead atoms. The molecule has 0 saturated carbocycles. The van der Waals surface area contributed by atoms with Gasteiger partial charge in [-0.25, -0.2) is 0 Å². The monoisotopic (exact) mass is 276 g/mol. The average molecular weight is 276 g/mol. The Morgan fingerprint density at radius 3 is 2.55 bits per heavy atom. The maximum absolute atomic E-state index is 5.94. The smallest absolute Gasteiger partial charge is 0.230 e. The maximum atomic E-state index is 5.94. The van der Waals surface area contributed by atoms with Crippen LogP contribution in [0.5, 0.6) is 5.75 Å². The fourth-order valence-electron chi connectivity index (χ4n) is 2.84. The van der Waals surface area contributed by atoms with E-state index in [-0.39, 0.29) is 0 Å². The van der Waals surface area contributed by atoms with E-state index in [0.29, 0.717) is 26.4 Å². The standard InChI is InChI=1S/C15H16O5/c1-10-2-3-11-13(8-10)18-9-12(14-16-4-5-17-14)15(11)19-6-7-20-15/h2-3,8-9,14H,4-7H2,1H3. The van der Waals surface area contributed by atoms with Crippen LogP contribution in [0.2, 0.25) is 0 Å². The summed E-state index contributed by atoms with van der Waals surface area (Å²) in [6.07, 6.45) is 1.17. The summed E-state index contributed by atoms with van der Waals surface area (Å²) in [5.41, 5.74) is 2.74. The molecular weight excluding hydrogens is 260 g/mol. The van der Waals surface area contributed by atoms with Gasteiger partial charge in [-0.15, -0.1) is 0 Å². The van der Waals surface area contributed by atoms with E-state index in [4.69, 9.17) is 23.7 Å². The molecule has 3 aliphatic heterocycles. The van der Waals surface area contributed by atoms with Crippen LogP contribution in [0, 0.1) is 6.92 Å². The van der Waals surface area contributed by atoms with Gasteiger partial charge in [0.25, 0.3) is 0 Å². The molecule has 20 heavy (non-hydrogen) atoms. The highest BCUT2D eigenvalue weighted by molar-refractivity contribution is 5.48. The second kappa shape index (κ2) is 4.56. The van der Waals surface area contributed by atoms with Crippen molar-refractivity contribution < 1.29 is 23.7 Å². The Kier molecular flexibility index (Phi) is 2.82. The van der Waals surface area contributed by atoms with Crippen LogP contribution in [0.15, 0.2) is 30.0 Å². The highest BCUT2D eigenvalue weighted by atomic mass is 16.8. The summed E-state index contributed by atoms with van der Waals surface area (Å²) in [5, 5.41) is 0. The van der Waals surface area contributed by atoms with Gasteiger partial charge in [-0.3, -0.25) is 0 Å². The zero-order valence-corrected chi connectivity index (χ0v) is 11.3. The normalized spacial score (nSPS) is 24.6. The second-order valence-electron chi connectivity index (χ2n) is 5.08. The van der Waals surface area contributed by atoms with Crippen molar-refractivity contribution in [1.82, 2.24) is 0 Å². The van der Waals surface area contributed by atoms with Crippen molar-refractivity contribution in [3.05, 3.63) is 41.2 Å². The van der Waals surface area contributed by atoms with E-state index in [1.54, 1.807) is 6.26 Å². The van der Waals surface area contributed by atoms with Crippen LogP contribution in [0.25, 0.3) is 0 Å². The van der Waals surface area contributed by atoms with Crippen molar-refractivity contribution >= 4 is 0 Å². The van der Waals surface area contributed by atoms with Crippen LogP contribution in [0.4, 0.5) is 0 Å². The number of benzene rings is 1. The summed E-state index contributed by atoms with van der Waals surface area (Å²) >= 11 is 0. The third kappa shape index (κ3) is 1.71. The fourth-order valence-corrected chi connectivity index (χ4v) is 2.84. The molecule has 5 heteroatoms. The van der Waals surface area contributed by atoms with Crippen molar-refractivity contribution in [2.24, 2.45) is 0 Å². The van der Waals surface area contributed by atoms with E-state index in [0.717, 1.165) is 22.4 Å². The molecule has 0 radical (unpaired) electrons.